The lowest BCUT2D eigenvalue weighted by Crippen LogP contribution is -2.52. The van der Waals surface area contributed by atoms with Crippen molar-refractivity contribution in [1.82, 2.24) is 14.5 Å². The topological polar surface area (TPSA) is 94.4 Å². The molecular formula is C15H21N5O3S2. The third-order valence-electron chi connectivity index (χ3n) is 4.35. The number of piperazine rings is 1. The molecule has 136 valence electrons. The average molecular weight is 383 g/mol. The molecule has 10 heteroatoms. The minimum Gasteiger partial charge on any atom is -0.340 e. The van der Waals surface area contributed by atoms with Gasteiger partial charge < -0.3 is 10.2 Å². The van der Waals surface area contributed by atoms with Crippen LogP contribution in [-0.2, 0) is 26.2 Å². The van der Waals surface area contributed by atoms with E-state index in [1.54, 1.807) is 23.1 Å². The summed E-state index contributed by atoms with van der Waals surface area (Å²) in [6.07, 6.45) is 0. The van der Waals surface area contributed by atoms with Gasteiger partial charge >= 0.3 is 0 Å². The second kappa shape index (κ2) is 7.32. The monoisotopic (exact) mass is 383 g/mol. The van der Waals surface area contributed by atoms with E-state index in [0.29, 0.717) is 31.0 Å². The molecule has 0 aromatic heterocycles. The Morgan fingerprint density at radius 3 is 2.68 bits per heavy atom. The van der Waals surface area contributed by atoms with Crippen molar-refractivity contribution in [2.24, 2.45) is 14.6 Å². The number of carbonyl (C=O) groups excluding carboxylic acids is 1. The van der Waals surface area contributed by atoms with Crippen LogP contribution < -0.4 is 5.32 Å². The van der Waals surface area contributed by atoms with Crippen molar-refractivity contribution in [3.63, 3.8) is 0 Å². The van der Waals surface area contributed by atoms with E-state index in [1.165, 1.54) is 4.31 Å². The molecule has 0 bridgehead atoms. The smallest absolute Gasteiger partial charge is 0.245 e. The number of hydrogen-bond acceptors (Lipinski definition) is 6. The molecule has 2 heterocycles. The van der Waals surface area contributed by atoms with Crippen LogP contribution in [0.2, 0.25) is 0 Å². The molecule has 0 saturated carbocycles. The van der Waals surface area contributed by atoms with E-state index in [4.69, 9.17) is 0 Å². The highest BCUT2D eigenvalue weighted by atomic mass is 32.2. The summed E-state index contributed by atoms with van der Waals surface area (Å²) in [6.45, 7) is 3.85. The fourth-order valence-electron chi connectivity index (χ4n) is 2.98. The number of fused-ring (bicyclic) bond motifs is 1. The van der Waals surface area contributed by atoms with Crippen LogP contribution in [0.15, 0.2) is 31.8 Å². The van der Waals surface area contributed by atoms with Gasteiger partial charge in [-0.15, -0.1) is 0 Å². The standard InChI is InChI=1S/C15H21N5O3S2/c1-11(10-16-2)15(21)19-6-8-20(9-7-19)25(22,23)13-5-3-4-12-14(13)18-24-17-12/h3-5,11,16H,6-10H2,1-2H3. The van der Waals surface area contributed by atoms with Gasteiger partial charge in [0.25, 0.3) is 0 Å². The van der Waals surface area contributed by atoms with Crippen LogP contribution in [0.4, 0.5) is 11.4 Å². The summed E-state index contributed by atoms with van der Waals surface area (Å²) in [6, 6.07) is 4.99. The van der Waals surface area contributed by atoms with Gasteiger partial charge in [-0.2, -0.15) is 13.0 Å². The molecule has 3 rings (SSSR count). The Bertz CT molecular complexity index is 841. The summed E-state index contributed by atoms with van der Waals surface area (Å²) in [7, 11) is -1.84. The third kappa shape index (κ3) is 3.52. The summed E-state index contributed by atoms with van der Waals surface area (Å²) >= 11 is 1.00. The third-order valence-corrected chi connectivity index (χ3v) is 6.82. The number of hydrogen-bond donors (Lipinski definition) is 1. The first-order chi connectivity index (χ1) is 11.9. The lowest BCUT2D eigenvalue weighted by Gasteiger charge is -2.35. The van der Waals surface area contributed by atoms with Crippen LogP contribution in [0.25, 0.3) is 0 Å². The van der Waals surface area contributed by atoms with E-state index < -0.39 is 10.0 Å². The minimum absolute atomic E-state index is 0.0530. The van der Waals surface area contributed by atoms with Crippen molar-refractivity contribution in [2.45, 2.75) is 11.8 Å². The molecule has 1 amide bonds. The van der Waals surface area contributed by atoms with E-state index in [-0.39, 0.29) is 29.8 Å². The molecule has 1 aromatic carbocycles. The molecule has 1 N–H and O–H groups in total. The highest BCUT2D eigenvalue weighted by Crippen LogP contribution is 2.38. The quantitative estimate of drug-likeness (QED) is 0.836. The lowest BCUT2D eigenvalue weighted by molar-refractivity contribution is -0.136. The Balaban J connectivity index is 1.72. The Labute approximate surface area is 151 Å². The molecule has 0 spiro atoms. The lowest BCUT2D eigenvalue weighted by atomic mass is 10.1. The predicted molar refractivity (Wildman–Crippen MR) is 96.4 cm³/mol. The van der Waals surface area contributed by atoms with Gasteiger partial charge in [0.05, 0.1) is 11.4 Å². The van der Waals surface area contributed by atoms with Crippen LogP contribution in [0.3, 0.4) is 0 Å². The number of rotatable bonds is 5. The molecule has 25 heavy (non-hydrogen) atoms. The van der Waals surface area contributed by atoms with Crippen LogP contribution in [0, 0.1) is 5.92 Å². The van der Waals surface area contributed by atoms with E-state index in [1.807, 2.05) is 14.0 Å². The zero-order chi connectivity index (χ0) is 18.0. The summed E-state index contributed by atoms with van der Waals surface area (Å²) in [4.78, 5) is 14.3. The molecule has 8 nitrogen and oxygen atoms in total. The van der Waals surface area contributed by atoms with Crippen LogP contribution in [0.5, 0.6) is 0 Å². The molecule has 2 aliphatic rings. The van der Waals surface area contributed by atoms with Gasteiger partial charge in [0.2, 0.25) is 15.9 Å². The van der Waals surface area contributed by atoms with Crippen molar-refractivity contribution >= 4 is 38.7 Å². The number of benzene rings is 1. The van der Waals surface area contributed by atoms with Gasteiger partial charge in [0, 0.05) is 38.6 Å². The Kier molecular flexibility index (Phi) is 5.32. The average Bonchev–Trinajstić information content (AvgIpc) is 3.10. The molecule has 1 aromatic rings. The van der Waals surface area contributed by atoms with Crippen LogP contribution in [-0.4, -0.2) is 63.3 Å². The Morgan fingerprint density at radius 1 is 1.28 bits per heavy atom. The minimum atomic E-state index is -3.65. The number of amides is 1. The Hall–Kier alpha value is -1.62. The summed E-state index contributed by atoms with van der Waals surface area (Å²) in [5.41, 5.74) is 0.995. The molecule has 2 aliphatic heterocycles. The van der Waals surface area contributed by atoms with E-state index >= 15 is 0 Å². The maximum atomic E-state index is 13.0. The molecule has 0 radical (unpaired) electrons. The first-order valence-corrected chi connectivity index (χ1v) is 10.3. The molecule has 1 unspecified atom stereocenters. The van der Waals surface area contributed by atoms with Gasteiger partial charge in [-0.1, -0.05) is 13.0 Å². The molecule has 1 atom stereocenters. The summed E-state index contributed by atoms with van der Waals surface area (Å²) < 4.78 is 35.6. The van der Waals surface area contributed by atoms with E-state index in [2.05, 4.69) is 14.0 Å². The summed E-state index contributed by atoms with van der Waals surface area (Å²) in [5, 5.41) is 2.99. The molecule has 0 aliphatic carbocycles. The van der Waals surface area contributed by atoms with Gasteiger partial charge in [0.1, 0.15) is 16.3 Å². The highest BCUT2D eigenvalue weighted by Gasteiger charge is 2.33. The van der Waals surface area contributed by atoms with E-state index in [9.17, 15) is 13.2 Å². The fourth-order valence-corrected chi connectivity index (χ4v) is 5.16. The second-order valence-electron chi connectivity index (χ2n) is 6.08. The second-order valence-corrected chi connectivity index (χ2v) is 8.51. The highest BCUT2D eigenvalue weighted by molar-refractivity contribution is 7.89. The fraction of sp³-hybridized carbons (Fsp3) is 0.533. The van der Waals surface area contributed by atoms with Crippen molar-refractivity contribution < 1.29 is 13.2 Å². The number of carbonyl (C=O) groups is 1. The van der Waals surface area contributed by atoms with Crippen molar-refractivity contribution in [3.8, 4) is 0 Å². The zero-order valence-electron chi connectivity index (χ0n) is 14.2. The number of sulfonamides is 1. The van der Waals surface area contributed by atoms with Gasteiger partial charge in [0.15, 0.2) is 0 Å². The van der Waals surface area contributed by atoms with Crippen molar-refractivity contribution in [2.75, 3.05) is 39.8 Å². The molecular weight excluding hydrogens is 362 g/mol. The van der Waals surface area contributed by atoms with Crippen LogP contribution >= 0.6 is 0 Å². The van der Waals surface area contributed by atoms with Crippen molar-refractivity contribution in [1.29, 1.82) is 0 Å². The number of nitrogens with one attached hydrogen (secondary N) is 1. The first kappa shape index (κ1) is 18.2. The van der Waals surface area contributed by atoms with Gasteiger partial charge in [-0.05, 0) is 19.2 Å². The SMILES string of the molecule is CNCC(C)C(=O)N1CCN(S(=O)(=O)c2cccc3c2N=S=N3)CC1. The summed E-state index contributed by atoms with van der Waals surface area (Å²) in [5.74, 6) is -0.0693. The zero-order valence-corrected chi connectivity index (χ0v) is 15.8. The predicted octanol–water partition coefficient (Wildman–Crippen LogP) is 1.10. The molecule has 1 fully saturated rings. The van der Waals surface area contributed by atoms with Gasteiger partial charge in [-0.3, -0.25) is 4.79 Å². The number of nitrogens with zero attached hydrogens (tertiary/aromatic N) is 4. The first-order valence-electron chi connectivity index (χ1n) is 8.10. The maximum absolute atomic E-state index is 13.0. The van der Waals surface area contributed by atoms with E-state index in [0.717, 1.165) is 11.4 Å². The normalized spacial score (nSPS) is 18.7. The van der Waals surface area contributed by atoms with Gasteiger partial charge in [-0.25, -0.2) is 8.42 Å². The Morgan fingerprint density at radius 2 is 2.00 bits per heavy atom. The maximum Gasteiger partial charge on any atom is 0.245 e. The van der Waals surface area contributed by atoms with Crippen molar-refractivity contribution in [3.05, 3.63) is 18.2 Å². The van der Waals surface area contributed by atoms with Crippen LogP contribution in [0.1, 0.15) is 6.92 Å². The largest absolute Gasteiger partial charge is 0.340 e. The molecule has 1 saturated heterocycles.